The van der Waals surface area contributed by atoms with Gasteiger partial charge >= 0.3 is 0 Å². The second kappa shape index (κ2) is 8.65. The quantitative estimate of drug-likeness (QED) is 0.750. The number of benzene rings is 1. The summed E-state index contributed by atoms with van der Waals surface area (Å²) >= 11 is 0. The molecule has 1 heterocycles. The Labute approximate surface area is 146 Å². The molecule has 2 aliphatic rings. The fraction of sp³-hybridized carbons (Fsp3) is 0.550. The highest BCUT2D eigenvalue weighted by atomic mass is 35.5. The highest BCUT2D eigenvalue weighted by molar-refractivity contribution is 6.01. The van der Waals surface area contributed by atoms with Gasteiger partial charge in [0.25, 0.3) is 0 Å². The third-order valence-electron chi connectivity index (χ3n) is 5.03. The number of nitrogens with zero attached hydrogens (tertiary/aromatic N) is 1. The van der Waals surface area contributed by atoms with Crippen LogP contribution in [0.2, 0.25) is 0 Å². The monoisotopic (exact) mass is 333 g/mol. The molecule has 0 radical (unpaired) electrons. The Morgan fingerprint density at radius 3 is 2.48 bits per heavy atom. The predicted octanol–water partition coefficient (Wildman–Crippen LogP) is 4.66. The SMILES string of the molecule is Cc1ccc(/C=C2\CCCC(CN3CCCCC3)C2=O)cc1.Cl. The van der Waals surface area contributed by atoms with Gasteiger partial charge in [0.15, 0.2) is 5.78 Å². The van der Waals surface area contributed by atoms with E-state index in [0.717, 1.165) is 36.9 Å². The fourth-order valence-corrected chi connectivity index (χ4v) is 3.69. The second-order valence-electron chi connectivity index (χ2n) is 6.89. The Morgan fingerprint density at radius 1 is 1.09 bits per heavy atom. The molecule has 2 fully saturated rings. The van der Waals surface area contributed by atoms with Gasteiger partial charge in [-0.3, -0.25) is 4.79 Å². The summed E-state index contributed by atoms with van der Waals surface area (Å²) in [5.74, 6) is 0.626. The van der Waals surface area contributed by atoms with E-state index in [1.807, 2.05) is 0 Å². The Balaban J connectivity index is 0.00000192. The van der Waals surface area contributed by atoms with Crippen LogP contribution in [0, 0.1) is 12.8 Å². The number of aryl methyl sites for hydroxylation is 1. The van der Waals surface area contributed by atoms with Crippen LogP contribution in [0.25, 0.3) is 6.08 Å². The molecule has 1 unspecified atom stereocenters. The van der Waals surface area contributed by atoms with E-state index in [1.165, 1.54) is 37.9 Å². The summed E-state index contributed by atoms with van der Waals surface area (Å²) in [7, 11) is 0. The van der Waals surface area contributed by atoms with Crippen LogP contribution in [0.4, 0.5) is 0 Å². The maximum Gasteiger partial charge on any atom is 0.163 e. The number of carbonyl (C=O) groups is 1. The summed E-state index contributed by atoms with van der Waals surface area (Å²) in [6, 6.07) is 8.46. The van der Waals surface area contributed by atoms with Crippen LogP contribution < -0.4 is 0 Å². The molecule has 126 valence electrons. The van der Waals surface area contributed by atoms with Gasteiger partial charge in [-0.25, -0.2) is 0 Å². The first-order chi connectivity index (χ1) is 10.7. The first-order valence-electron chi connectivity index (χ1n) is 8.76. The topological polar surface area (TPSA) is 20.3 Å². The summed E-state index contributed by atoms with van der Waals surface area (Å²) < 4.78 is 0. The van der Waals surface area contributed by atoms with Crippen molar-refractivity contribution in [2.24, 2.45) is 5.92 Å². The van der Waals surface area contributed by atoms with Crippen LogP contribution in [0.15, 0.2) is 29.8 Å². The van der Waals surface area contributed by atoms with E-state index >= 15 is 0 Å². The number of halogens is 1. The van der Waals surface area contributed by atoms with Crippen LogP contribution in [0.5, 0.6) is 0 Å². The molecule has 2 nitrogen and oxygen atoms in total. The maximum atomic E-state index is 12.8. The summed E-state index contributed by atoms with van der Waals surface area (Å²) in [6.07, 6.45) is 9.24. The molecule has 1 saturated heterocycles. The third-order valence-corrected chi connectivity index (χ3v) is 5.03. The van der Waals surface area contributed by atoms with E-state index in [1.54, 1.807) is 0 Å². The largest absolute Gasteiger partial charge is 0.303 e. The number of ketones is 1. The number of hydrogen-bond donors (Lipinski definition) is 0. The molecule has 0 bridgehead atoms. The number of carbonyl (C=O) groups excluding carboxylic acids is 1. The predicted molar refractivity (Wildman–Crippen MR) is 99.0 cm³/mol. The van der Waals surface area contributed by atoms with E-state index in [9.17, 15) is 4.79 Å². The van der Waals surface area contributed by atoms with E-state index in [0.29, 0.717) is 5.78 Å². The summed E-state index contributed by atoms with van der Waals surface area (Å²) in [4.78, 5) is 15.3. The van der Waals surface area contributed by atoms with Crippen molar-refractivity contribution in [3.63, 3.8) is 0 Å². The van der Waals surface area contributed by atoms with Gasteiger partial charge in [-0.1, -0.05) is 36.2 Å². The van der Waals surface area contributed by atoms with Crippen LogP contribution in [0.3, 0.4) is 0 Å². The van der Waals surface area contributed by atoms with Gasteiger partial charge in [-0.15, -0.1) is 12.4 Å². The minimum atomic E-state index is 0. The molecule has 0 amide bonds. The second-order valence-corrected chi connectivity index (χ2v) is 6.89. The number of piperidine rings is 1. The molecule has 1 aliphatic carbocycles. The van der Waals surface area contributed by atoms with Gasteiger partial charge in [0.2, 0.25) is 0 Å². The van der Waals surface area contributed by atoms with E-state index in [2.05, 4.69) is 42.2 Å². The average Bonchev–Trinajstić information content (AvgIpc) is 2.54. The smallest absolute Gasteiger partial charge is 0.163 e. The number of likely N-dealkylation sites (tertiary alicyclic amines) is 1. The van der Waals surface area contributed by atoms with Crippen molar-refractivity contribution in [1.82, 2.24) is 4.90 Å². The Morgan fingerprint density at radius 2 is 1.78 bits per heavy atom. The zero-order valence-electron chi connectivity index (χ0n) is 14.1. The molecular weight excluding hydrogens is 306 g/mol. The Hall–Kier alpha value is -1.12. The molecule has 0 N–H and O–H groups in total. The highest BCUT2D eigenvalue weighted by Gasteiger charge is 2.28. The Kier molecular flexibility index (Phi) is 6.86. The normalized spacial score (nSPS) is 24.5. The lowest BCUT2D eigenvalue weighted by Crippen LogP contribution is -2.38. The number of allylic oxidation sites excluding steroid dienone is 1. The number of Topliss-reactive ketones (excluding diaryl/α,β-unsaturated/α-hetero) is 1. The lowest BCUT2D eigenvalue weighted by atomic mass is 9.83. The van der Waals surface area contributed by atoms with E-state index in [-0.39, 0.29) is 18.3 Å². The minimum absolute atomic E-state index is 0. The first-order valence-corrected chi connectivity index (χ1v) is 8.76. The van der Waals surface area contributed by atoms with Crippen LogP contribution in [-0.2, 0) is 4.79 Å². The van der Waals surface area contributed by atoms with Crippen LogP contribution >= 0.6 is 12.4 Å². The molecule has 1 aliphatic heterocycles. The number of rotatable bonds is 3. The zero-order valence-corrected chi connectivity index (χ0v) is 14.9. The lowest BCUT2D eigenvalue weighted by Gasteiger charge is -2.32. The van der Waals surface area contributed by atoms with Crippen LogP contribution in [-0.4, -0.2) is 30.3 Å². The zero-order chi connectivity index (χ0) is 15.4. The van der Waals surface area contributed by atoms with E-state index in [4.69, 9.17) is 0 Å². The summed E-state index contributed by atoms with van der Waals surface area (Å²) in [6.45, 7) is 5.43. The third kappa shape index (κ3) is 4.92. The molecule has 1 atom stereocenters. The molecule has 1 aromatic carbocycles. The molecular formula is C20H28ClNO. The van der Waals surface area contributed by atoms with Gasteiger partial charge in [0.1, 0.15) is 0 Å². The van der Waals surface area contributed by atoms with Crippen molar-refractivity contribution < 1.29 is 4.79 Å². The van der Waals surface area contributed by atoms with Crippen molar-refractivity contribution in [1.29, 1.82) is 0 Å². The molecule has 3 heteroatoms. The van der Waals surface area contributed by atoms with Crippen molar-refractivity contribution in [3.05, 3.63) is 41.0 Å². The Bertz CT molecular complexity index is 543. The maximum absolute atomic E-state index is 12.8. The average molecular weight is 334 g/mol. The van der Waals surface area contributed by atoms with Gasteiger partial charge in [0, 0.05) is 12.5 Å². The molecule has 0 spiro atoms. The minimum Gasteiger partial charge on any atom is -0.303 e. The first kappa shape index (κ1) is 18.2. The molecule has 0 aromatic heterocycles. The molecule has 1 saturated carbocycles. The number of hydrogen-bond acceptors (Lipinski definition) is 2. The van der Waals surface area contributed by atoms with Gasteiger partial charge < -0.3 is 4.90 Å². The molecule has 1 aromatic rings. The van der Waals surface area contributed by atoms with Crippen molar-refractivity contribution >= 4 is 24.3 Å². The summed E-state index contributed by atoms with van der Waals surface area (Å²) in [5, 5.41) is 0. The van der Waals surface area contributed by atoms with Gasteiger partial charge in [-0.05, 0) is 69.3 Å². The highest BCUT2D eigenvalue weighted by Crippen LogP contribution is 2.28. The fourth-order valence-electron chi connectivity index (χ4n) is 3.69. The van der Waals surface area contributed by atoms with Crippen molar-refractivity contribution in [2.75, 3.05) is 19.6 Å². The van der Waals surface area contributed by atoms with Crippen LogP contribution in [0.1, 0.15) is 49.7 Å². The summed E-state index contributed by atoms with van der Waals surface area (Å²) in [5.41, 5.74) is 3.46. The van der Waals surface area contributed by atoms with Crippen molar-refractivity contribution in [2.45, 2.75) is 45.4 Å². The molecule has 23 heavy (non-hydrogen) atoms. The van der Waals surface area contributed by atoms with Crippen molar-refractivity contribution in [3.8, 4) is 0 Å². The lowest BCUT2D eigenvalue weighted by molar-refractivity contribution is -0.121. The molecule has 3 rings (SSSR count). The van der Waals surface area contributed by atoms with Gasteiger partial charge in [0.05, 0.1) is 0 Å². The van der Waals surface area contributed by atoms with E-state index < -0.39 is 0 Å². The van der Waals surface area contributed by atoms with Gasteiger partial charge in [-0.2, -0.15) is 0 Å². The standard InChI is InChI=1S/C20H27NO.ClH/c1-16-8-10-17(11-9-16)14-18-6-5-7-19(20(18)22)15-21-12-3-2-4-13-21;/h8-11,14,19H,2-7,12-13,15H2,1H3;1H/b18-14+;.